The minimum absolute atomic E-state index is 0.172. The third-order valence-electron chi connectivity index (χ3n) is 2.95. The Morgan fingerprint density at radius 1 is 1.33 bits per heavy atom. The molecule has 2 N–H and O–H groups in total. The Morgan fingerprint density at radius 2 is 2.06 bits per heavy atom. The number of hydrogen-bond acceptors (Lipinski definition) is 4. The maximum atomic E-state index is 11.9. The smallest absolute Gasteiger partial charge is 0.271 e. The van der Waals surface area contributed by atoms with Gasteiger partial charge in [-0.3, -0.25) is 9.78 Å². The lowest BCUT2D eigenvalue weighted by Crippen LogP contribution is -2.30. The van der Waals surface area contributed by atoms with E-state index in [-0.39, 0.29) is 5.91 Å². The van der Waals surface area contributed by atoms with Crippen molar-refractivity contribution >= 4 is 11.7 Å². The third kappa shape index (κ3) is 4.31. The molecule has 18 heavy (non-hydrogen) atoms. The number of carbonyl (C=O) groups excluding carboxylic acids is 1. The average molecular weight is 250 g/mol. The lowest BCUT2D eigenvalue weighted by atomic mass is 9.98. The largest absolute Gasteiger partial charge is 0.369 e. The third-order valence-corrected chi connectivity index (χ3v) is 2.95. The van der Waals surface area contributed by atoms with Crippen molar-refractivity contribution in [1.29, 1.82) is 0 Å². The number of anilines is 1. The van der Waals surface area contributed by atoms with E-state index >= 15 is 0 Å². The molecule has 1 rings (SSSR count). The van der Waals surface area contributed by atoms with Gasteiger partial charge in [0.15, 0.2) is 0 Å². The first-order valence-electron chi connectivity index (χ1n) is 6.38. The van der Waals surface area contributed by atoms with Crippen molar-refractivity contribution in [3.8, 4) is 0 Å². The minimum Gasteiger partial charge on any atom is -0.369 e. The lowest BCUT2D eigenvalue weighted by Gasteiger charge is -2.15. The van der Waals surface area contributed by atoms with Gasteiger partial charge in [-0.1, -0.05) is 20.8 Å². The van der Waals surface area contributed by atoms with Gasteiger partial charge in [-0.25, -0.2) is 4.98 Å². The first-order valence-corrected chi connectivity index (χ1v) is 6.38. The molecule has 1 unspecified atom stereocenters. The summed E-state index contributed by atoms with van der Waals surface area (Å²) in [6.45, 7) is 9.78. The molecule has 0 saturated heterocycles. The van der Waals surface area contributed by atoms with Crippen LogP contribution in [0.5, 0.6) is 0 Å². The monoisotopic (exact) mass is 250 g/mol. The van der Waals surface area contributed by atoms with Crippen molar-refractivity contribution in [2.75, 3.05) is 18.4 Å². The Balaban J connectivity index is 2.58. The van der Waals surface area contributed by atoms with Gasteiger partial charge < -0.3 is 10.6 Å². The molecular weight excluding hydrogens is 228 g/mol. The van der Waals surface area contributed by atoms with E-state index < -0.39 is 0 Å². The summed E-state index contributed by atoms with van der Waals surface area (Å²) in [6.07, 6.45) is 3.09. The molecule has 0 aliphatic heterocycles. The first-order chi connectivity index (χ1) is 8.54. The van der Waals surface area contributed by atoms with Crippen LogP contribution in [-0.4, -0.2) is 29.0 Å². The van der Waals surface area contributed by atoms with Gasteiger partial charge >= 0.3 is 0 Å². The highest BCUT2D eigenvalue weighted by Gasteiger charge is 2.12. The number of carbonyl (C=O) groups is 1. The number of amides is 1. The predicted molar refractivity (Wildman–Crippen MR) is 72.5 cm³/mol. The minimum atomic E-state index is -0.172. The van der Waals surface area contributed by atoms with Crippen molar-refractivity contribution < 1.29 is 4.79 Å². The quantitative estimate of drug-likeness (QED) is 0.809. The maximum absolute atomic E-state index is 11.9. The second kappa shape index (κ2) is 6.93. The second-order valence-corrected chi connectivity index (χ2v) is 4.75. The van der Waals surface area contributed by atoms with Crippen LogP contribution in [0.3, 0.4) is 0 Å². The topological polar surface area (TPSA) is 66.9 Å². The highest BCUT2D eigenvalue weighted by molar-refractivity contribution is 5.92. The van der Waals surface area contributed by atoms with E-state index in [1.165, 1.54) is 6.20 Å². The van der Waals surface area contributed by atoms with Crippen LogP contribution in [0.2, 0.25) is 0 Å². The summed E-state index contributed by atoms with van der Waals surface area (Å²) >= 11 is 0. The van der Waals surface area contributed by atoms with E-state index in [1.807, 2.05) is 6.92 Å². The molecule has 0 spiro atoms. The van der Waals surface area contributed by atoms with E-state index in [0.29, 0.717) is 29.9 Å². The van der Waals surface area contributed by atoms with E-state index in [4.69, 9.17) is 0 Å². The number of nitrogens with one attached hydrogen (secondary N) is 2. The van der Waals surface area contributed by atoms with Crippen LogP contribution in [0.15, 0.2) is 12.4 Å². The molecule has 5 nitrogen and oxygen atoms in total. The van der Waals surface area contributed by atoms with Gasteiger partial charge in [0.1, 0.15) is 11.5 Å². The molecule has 0 aliphatic rings. The van der Waals surface area contributed by atoms with Crippen LogP contribution in [0.4, 0.5) is 5.82 Å². The number of hydrogen-bond donors (Lipinski definition) is 2. The maximum Gasteiger partial charge on any atom is 0.271 e. The highest BCUT2D eigenvalue weighted by atomic mass is 16.1. The molecule has 5 heteroatoms. The molecule has 1 aromatic rings. The van der Waals surface area contributed by atoms with Crippen LogP contribution in [0.1, 0.15) is 38.2 Å². The Kier molecular flexibility index (Phi) is 5.55. The Hall–Kier alpha value is -1.65. The summed E-state index contributed by atoms with van der Waals surface area (Å²) in [7, 11) is 0. The normalized spacial score (nSPS) is 12.3. The number of rotatable bonds is 6. The zero-order chi connectivity index (χ0) is 13.5. The van der Waals surface area contributed by atoms with Crippen molar-refractivity contribution in [2.45, 2.75) is 27.7 Å². The SMILES string of the molecule is CCNc1cncc(C(=O)NCC(C)C(C)C)n1. The summed E-state index contributed by atoms with van der Waals surface area (Å²) in [5, 5.41) is 5.91. The van der Waals surface area contributed by atoms with Gasteiger partial charge in [0, 0.05) is 13.1 Å². The molecule has 100 valence electrons. The van der Waals surface area contributed by atoms with Gasteiger partial charge in [-0.05, 0) is 18.8 Å². The predicted octanol–water partition coefficient (Wildman–Crippen LogP) is 1.93. The summed E-state index contributed by atoms with van der Waals surface area (Å²) in [5.74, 6) is 1.44. The molecule has 0 aromatic carbocycles. The molecule has 0 fully saturated rings. The zero-order valence-electron chi connectivity index (χ0n) is 11.5. The van der Waals surface area contributed by atoms with Gasteiger partial charge in [0.2, 0.25) is 0 Å². The summed E-state index contributed by atoms with van der Waals surface area (Å²) in [6, 6.07) is 0. The fourth-order valence-corrected chi connectivity index (χ4v) is 1.32. The number of aromatic nitrogens is 2. The fourth-order valence-electron chi connectivity index (χ4n) is 1.32. The van der Waals surface area contributed by atoms with Gasteiger partial charge in [-0.2, -0.15) is 0 Å². The number of nitrogens with zero attached hydrogens (tertiary/aromatic N) is 2. The van der Waals surface area contributed by atoms with Crippen molar-refractivity contribution in [3.63, 3.8) is 0 Å². The van der Waals surface area contributed by atoms with E-state index in [9.17, 15) is 4.79 Å². The molecule has 0 saturated carbocycles. The zero-order valence-corrected chi connectivity index (χ0v) is 11.5. The van der Waals surface area contributed by atoms with Crippen molar-refractivity contribution in [3.05, 3.63) is 18.1 Å². The van der Waals surface area contributed by atoms with Crippen LogP contribution in [0, 0.1) is 11.8 Å². The Morgan fingerprint density at radius 3 is 2.67 bits per heavy atom. The molecular formula is C13H22N4O. The Bertz CT molecular complexity index is 392. The average Bonchev–Trinajstić information content (AvgIpc) is 2.36. The van der Waals surface area contributed by atoms with Crippen molar-refractivity contribution in [1.82, 2.24) is 15.3 Å². The molecule has 0 radical (unpaired) electrons. The molecule has 0 aliphatic carbocycles. The van der Waals surface area contributed by atoms with Crippen LogP contribution >= 0.6 is 0 Å². The van der Waals surface area contributed by atoms with Gasteiger partial charge in [0.05, 0.1) is 12.4 Å². The molecule has 0 bridgehead atoms. The summed E-state index contributed by atoms with van der Waals surface area (Å²) in [4.78, 5) is 20.1. The second-order valence-electron chi connectivity index (χ2n) is 4.75. The van der Waals surface area contributed by atoms with Gasteiger partial charge in [0.25, 0.3) is 5.91 Å². The van der Waals surface area contributed by atoms with Crippen LogP contribution < -0.4 is 10.6 Å². The van der Waals surface area contributed by atoms with Crippen LogP contribution in [0.25, 0.3) is 0 Å². The summed E-state index contributed by atoms with van der Waals surface area (Å²) in [5.41, 5.74) is 0.351. The molecule has 1 heterocycles. The molecule has 1 aromatic heterocycles. The van der Waals surface area contributed by atoms with Crippen molar-refractivity contribution in [2.24, 2.45) is 11.8 Å². The van der Waals surface area contributed by atoms with E-state index in [2.05, 4.69) is 41.4 Å². The first kappa shape index (κ1) is 14.4. The standard InChI is InChI=1S/C13H22N4O/c1-5-15-12-8-14-7-11(17-12)13(18)16-6-10(4)9(2)3/h7-10H,5-6H2,1-4H3,(H,15,17)(H,16,18). The molecule has 1 atom stereocenters. The van der Waals surface area contributed by atoms with E-state index in [0.717, 1.165) is 6.54 Å². The lowest BCUT2D eigenvalue weighted by molar-refractivity contribution is 0.0939. The van der Waals surface area contributed by atoms with Crippen LogP contribution in [-0.2, 0) is 0 Å². The van der Waals surface area contributed by atoms with Gasteiger partial charge in [-0.15, -0.1) is 0 Å². The summed E-state index contributed by atoms with van der Waals surface area (Å²) < 4.78 is 0. The highest BCUT2D eigenvalue weighted by Crippen LogP contribution is 2.08. The Labute approximate surface area is 108 Å². The van der Waals surface area contributed by atoms with E-state index in [1.54, 1.807) is 6.20 Å². The fraction of sp³-hybridized carbons (Fsp3) is 0.615. The molecule has 1 amide bonds.